The first-order chi connectivity index (χ1) is 28.8. The standard InChI is InChI=1S/C56H39NS/c1-4-16-36(17-5-1)41-30-48(38-20-8-3-9-21-38)55-50(32-41)51-33-42(37-18-6-2-7-19-37)31-49(56(51)58-55)40-28-29-47-46-26-14-15-27-52(46)57(54(47)35-40)53-34-39-22-10-11-23-43(39)44-24-12-13-25-45(44)53/h1-35,44-46,52H. The van der Waals surface area contributed by atoms with E-state index in [2.05, 4.69) is 217 Å². The highest BCUT2D eigenvalue weighted by molar-refractivity contribution is 7.27. The molecule has 0 N–H and O–H groups in total. The Morgan fingerprint density at radius 2 is 0.948 bits per heavy atom. The molecule has 0 spiro atoms. The van der Waals surface area contributed by atoms with E-state index in [1.807, 2.05) is 11.3 Å². The molecule has 0 radical (unpaired) electrons. The maximum absolute atomic E-state index is 2.68. The molecule has 0 saturated carbocycles. The van der Waals surface area contributed by atoms with Crippen molar-refractivity contribution in [2.24, 2.45) is 5.92 Å². The van der Waals surface area contributed by atoms with Gasteiger partial charge in [0.2, 0.25) is 0 Å². The molecule has 1 nitrogen and oxygen atoms in total. The zero-order chi connectivity index (χ0) is 38.2. The predicted octanol–water partition coefficient (Wildman–Crippen LogP) is 15.0. The van der Waals surface area contributed by atoms with Crippen molar-refractivity contribution in [1.29, 1.82) is 0 Å². The van der Waals surface area contributed by atoms with Gasteiger partial charge in [-0.15, -0.1) is 11.3 Å². The molecule has 58 heavy (non-hydrogen) atoms. The summed E-state index contributed by atoms with van der Waals surface area (Å²) in [6.07, 6.45) is 21.1. The zero-order valence-electron chi connectivity index (χ0n) is 31.9. The van der Waals surface area contributed by atoms with E-state index >= 15 is 0 Å². The summed E-state index contributed by atoms with van der Waals surface area (Å²) in [5.41, 5.74) is 16.8. The molecule has 7 aromatic carbocycles. The monoisotopic (exact) mass is 757 g/mol. The van der Waals surface area contributed by atoms with Gasteiger partial charge in [0.15, 0.2) is 0 Å². The third-order valence-electron chi connectivity index (χ3n) is 12.7. The fraction of sp³-hybridized carbons (Fsp3) is 0.0714. The number of hydrogen-bond acceptors (Lipinski definition) is 2. The molecule has 0 bridgehead atoms. The van der Waals surface area contributed by atoms with Gasteiger partial charge in [0.25, 0.3) is 0 Å². The Labute approximate surface area is 343 Å². The average Bonchev–Trinajstić information content (AvgIpc) is 3.84. The molecule has 274 valence electrons. The van der Waals surface area contributed by atoms with Crippen LogP contribution in [0.3, 0.4) is 0 Å². The van der Waals surface area contributed by atoms with Gasteiger partial charge in [0, 0.05) is 60.4 Å². The second kappa shape index (κ2) is 13.4. The van der Waals surface area contributed by atoms with E-state index in [9.17, 15) is 0 Å². The minimum atomic E-state index is 0.219. The molecule has 12 rings (SSSR count). The van der Waals surface area contributed by atoms with Crippen molar-refractivity contribution in [2.75, 3.05) is 4.90 Å². The topological polar surface area (TPSA) is 3.24 Å². The van der Waals surface area contributed by atoms with Gasteiger partial charge in [-0.3, -0.25) is 0 Å². The fourth-order valence-electron chi connectivity index (χ4n) is 10.0. The van der Waals surface area contributed by atoms with Crippen LogP contribution in [-0.2, 0) is 0 Å². The predicted molar refractivity (Wildman–Crippen MR) is 247 cm³/mol. The number of rotatable bonds is 5. The molecular formula is C56H39NS. The van der Waals surface area contributed by atoms with Gasteiger partial charge in [0.05, 0.1) is 6.04 Å². The first-order valence-corrected chi connectivity index (χ1v) is 21.2. The molecule has 3 aliphatic carbocycles. The van der Waals surface area contributed by atoms with E-state index in [0.29, 0.717) is 11.8 Å². The smallest absolute Gasteiger partial charge is 0.0626 e. The summed E-state index contributed by atoms with van der Waals surface area (Å²) in [4.78, 5) is 2.68. The Kier molecular flexibility index (Phi) is 7.74. The molecule has 4 atom stereocenters. The summed E-state index contributed by atoms with van der Waals surface area (Å²) >= 11 is 1.94. The van der Waals surface area contributed by atoms with Crippen molar-refractivity contribution in [3.8, 4) is 44.5 Å². The van der Waals surface area contributed by atoms with Crippen LogP contribution in [0.25, 0.3) is 70.8 Å². The molecule has 0 fully saturated rings. The zero-order valence-corrected chi connectivity index (χ0v) is 32.7. The average molecular weight is 758 g/mol. The number of benzene rings is 7. The van der Waals surface area contributed by atoms with Crippen LogP contribution in [-0.4, -0.2) is 6.04 Å². The van der Waals surface area contributed by atoms with E-state index in [1.54, 1.807) is 0 Å². The van der Waals surface area contributed by atoms with Crippen molar-refractivity contribution < 1.29 is 0 Å². The highest BCUT2D eigenvalue weighted by Gasteiger charge is 2.42. The third-order valence-corrected chi connectivity index (χ3v) is 14.0. The summed E-state index contributed by atoms with van der Waals surface area (Å²) in [7, 11) is 0. The fourth-order valence-corrected chi connectivity index (χ4v) is 11.4. The Bertz CT molecular complexity index is 3070. The minimum Gasteiger partial charge on any atom is -0.336 e. The van der Waals surface area contributed by atoms with Crippen LogP contribution < -0.4 is 4.90 Å². The highest BCUT2D eigenvalue weighted by Crippen LogP contribution is 2.54. The molecule has 1 aromatic heterocycles. The van der Waals surface area contributed by atoms with Crippen molar-refractivity contribution in [1.82, 2.24) is 0 Å². The van der Waals surface area contributed by atoms with Crippen LogP contribution in [0.2, 0.25) is 0 Å². The van der Waals surface area contributed by atoms with Crippen LogP contribution in [0.1, 0.15) is 28.5 Å². The molecule has 4 aliphatic rings. The van der Waals surface area contributed by atoms with Crippen LogP contribution in [0.4, 0.5) is 5.69 Å². The summed E-state index contributed by atoms with van der Waals surface area (Å²) < 4.78 is 2.65. The quantitative estimate of drug-likeness (QED) is 0.169. The van der Waals surface area contributed by atoms with Crippen molar-refractivity contribution in [2.45, 2.75) is 17.9 Å². The molecular weight excluding hydrogens is 719 g/mol. The van der Waals surface area contributed by atoms with Crippen molar-refractivity contribution >= 4 is 43.3 Å². The number of thiophene rings is 1. The van der Waals surface area contributed by atoms with Gasteiger partial charge in [-0.2, -0.15) is 0 Å². The Balaban J connectivity index is 1.11. The molecule has 4 unspecified atom stereocenters. The number of allylic oxidation sites excluding steroid dienone is 6. The van der Waals surface area contributed by atoms with E-state index < -0.39 is 0 Å². The minimum absolute atomic E-state index is 0.219. The lowest BCUT2D eigenvalue weighted by molar-refractivity contribution is 0.601. The Morgan fingerprint density at radius 3 is 1.62 bits per heavy atom. The molecule has 2 heterocycles. The maximum Gasteiger partial charge on any atom is 0.0626 e. The maximum atomic E-state index is 2.68. The van der Waals surface area contributed by atoms with E-state index in [-0.39, 0.29) is 12.0 Å². The third kappa shape index (κ3) is 5.29. The van der Waals surface area contributed by atoms with Gasteiger partial charge < -0.3 is 4.90 Å². The molecule has 8 aromatic rings. The summed E-state index contributed by atoms with van der Waals surface area (Å²) in [5, 5.41) is 2.61. The number of hydrogen-bond donors (Lipinski definition) is 0. The van der Waals surface area contributed by atoms with Gasteiger partial charge in [-0.25, -0.2) is 0 Å². The lowest BCUT2D eigenvalue weighted by Gasteiger charge is -2.40. The van der Waals surface area contributed by atoms with Crippen LogP contribution in [0.5, 0.6) is 0 Å². The normalized spacial score (nSPS) is 19.9. The van der Waals surface area contributed by atoms with E-state index in [4.69, 9.17) is 0 Å². The number of anilines is 1. The van der Waals surface area contributed by atoms with E-state index in [1.165, 1.54) is 92.8 Å². The number of fused-ring (bicyclic) bond motifs is 9. The molecule has 0 saturated heterocycles. The molecule has 1 aliphatic heterocycles. The Hall–Kier alpha value is -6.74. The van der Waals surface area contributed by atoms with Crippen LogP contribution in [0, 0.1) is 5.92 Å². The summed E-state index contributed by atoms with van der Waals surface area (Å²) in [5.74, 6) is 0.870. The molecule has 2 heteroatoms. The SMILES string of the molecule is C1=CC2C(N3c4cc(-c5cc(-c6ccccc6)cc6c5sc5c(-c7ccccc7)cc(-c7ccccc7)cc56)ccc4C4C=CC=CC43)=Cc3ccccc3C2C=C1. The first-order valence-electron chi connectivity index (χ1n) is 20.4. The van der Waals surface area contributed by atoms with Gasteiger partial charge in [-0.05, 0) is 86.5 Å². The number of nitrogens with zero attached hydrogens (tertiary/aromatic N) is 1. The largest absolute Gasteiger partial charge is 0.336 e. The van der Waals surface area contributed by atoms with Gasteiger partial charge in [-0.1, -0.05) is 176 Å². The second-order valence-electron chi connectivity index (χ2n) is 16.0. The van der Waals surface area contributed by atoms with Gasteiger partial charge in [0.1, 0.15) is 0 Å². The summed E-state index contributed by atoms with van der Waals surface area (Å²) in [6, 6.07) is 58.9. The van der Waals surface area contributed by atoms with Crippen molar-refractivity contribution in [3.63, 3.8) is 0 Å². The summed E-state index contributed by atoms with van der Waals surface area (Å²) in [6.45, 7) is 0. The van der Waals surface area contributed by atoms with Crippen molar-refractivity contribution in [3.05, 3.63) is 229 Å². The van der Waals surface area contributed by atoms with E-state index in [0.717, 1.165) is 0 Å². The highest BCUT2D eigenvalue weighted by atomic mass is 32.1. The van der Waals surface area contributed by atoms with Crippen LogP contribution in [0.15, 0.2) is 212 Å². The first kappa shape index (κ1) is 33.4. The Morgan fingerprint density at radius 1 is 0.397 bits per heavy atom. The van der Waals surface area contributed by atoms with Crippen LogP contribution >= 0.6 is 11.3 Å². The lowest BCUT2D eigenvalue weighted by Crippen LogP contribution is -2.37. The lowest BCUT2D eigenvalue weighted by atomic mass is 9.74. The second-order valence-corrected chi connectivity index (χ2v) is 17.0. The molecule has 0 amide bonds. The van der Waals surface area contributed by atoms with Gasteiger partial charge >= 0.3 is 0 Å².